The van der Waals surface area contributed by atoms with Crippen LogP contribution >= 0.6 is 23.8 Å². The van der Waals surface area contributed by atoms with Gasteiger partial charge in [-0.15, -0.1) is 0 Å². The molecule has 0 saturated carbocycles. The summed E-state index contributed by atoms with van der Waals surface area (Å²) in [6.45, 7) is 14.6. The third-order valence-electron chi connectivity index (χ3n) is 5.61. The molecule has 0 aliphatic carbocycles. The first-order valence-corrected chi connectivity index (χ1v) is 11.1. The molecule has 30 heavy (non-hydrogen) atoms. The zero-order valence-corrected chi connectivity index (χ0v) is 20.5. The number of nitrogens with zero attached hydrogens (tertiary/aromatic N) is 2. The minimum atomic E-state index is -0.553. The number of thiocarbonyl (C=S) groups is 1. The Kier molecular flexibility index (Phi) is 6.13. The van der Waals surface area contributed by atoms with Crippen LogP contribution in [0, 0.1) is 6.92 Å². The number of halogens is 1. The molecule has 1 fully saturated rings. The fraction of sp³-hybridized carbons (Fsp3) is 0.682. The Hall–Kier alpha value is -1.44. The molecule has 3 rings (SSSR count). The molecule has 2 aliphatic heterocycles. The van der Waals surface area contributed by atoms with Gasteiger partial charge in [-0.05, 0) is 67.4 Å². The van der Waals surface area contributed by atoms with E-state index in [1.54, 1.807) is 4.90 Å². The Bertz CT molecular complexity index is 858. The molecular weight excluding hydrogens is 422 g/mol. The SMILES string of the molecule is CC(=S)NC(C)(C)C1OC2(CCN(C(=O)OC(C)(C)C)CC2)c2nc(C)c(Cl)cc21. The van der Waals surface area contributed by atoms with Gasteiger partial charge >= 0.3 is 6.09 Å². The molecular formula is C22H32ClN3O3S. The second-order valence-electron chi connectivity index (χ2n) is 9.86. The Morgan fingerprint density at radius 1 is 1.33 bits per heavy atom. The molecule has 1 aromatic rings. The minimum absolute atomic E-state index is 0.260. The van der Waals surface area contributed by atoms with Gasteiger partial charge in [-0.1, -0.05) is 23.8 Å². The van der Waals surface area contributed by atoms with Crippen molar-refractivity contribution in [1.29, 1.82) is 0 Å². The van der Waals surface area contributed by atoms with Crippen molar-refractivity contribution in [2.24, 2.45) is 0 Å². The topological polar surface area (TPSA) is 63.7 Å². The van der Waals surface area contributed by atoms with Crippen LogP contribution in [0.25, 0.3) is 0 Å². The first kappa shape index (κ1) is 23.2. The van der Waals surface area contributed by atoms with Crippen LogP contribution in [0.5, 0.6) is 0 Å². The maximum absolute atomic E-state index is 12.5. The van der Waals surface area contributed by atoms with Crippen LogP contribution in [-0.4, -0.2) is 45.2 Å². The van der Waals surface area contributed by atoms with E-state index in [0.717, 1.165) is 17.0 Å². The second-order valence-corrected chi connectivity index (χ2v) is 10.9. The number of aromatic nitrogens is 1. The van der Waals surface area contributed by atoms with Crippen molar-refractivity contribution in [1.82, 2.24) is 15.2 Å². The number of amides is 1. The van der Waals surface area contributed by atoms with E-state index in [9.17, 15) is 4.79 Å². The number of ether oxygens (including phenoxy) is 2. The van der Waals surface area contributed by atoms with E-state index in [2.05, 4.69) is 19.2 Å². The summed E-state index contributed by atoms with van der Waals surface area (Å²) in [5.74, 6) is 0. The maximum Gasteiger partial charge on any atom is 0.410 e. The van der Waals surface area contributed by atoms with Gasteiger partial charge in [0.1, 0.15) is 17.3 Å². The molecule has 3 heterocycles. The van der Waals surface area contributed by atoms with E-state index in [4.69, 9.17) is 38.3 Å². The van der Waals surface area contributed by atoms with Crippen molar-refractivity contribution in [3.05, 3.63) is 28.0 Å². The number of pyridine rings is 1. The molecule has 6 nitrogen and oxygen atoms in total. The Morgan fingerprint density at radius 2 is 1.93 bits per heavy atom. The molecule has 1 aromatic heterocycles. The molecule has 1 spiro atoms. The van der Waals surface area contributed by atoms with Gasteiger partial charge in [0.15, 0.2) is 0 Å². The molecule has 0 aromatic carbocycles. The van der Waals surface area contributed by atoms with Crippen LogP contribution in [0.3, 0.4) is 0 Å². The monoisotopic (exact) mass is 453 g/mol. The van der Waals surface area contributed by atoms with Crippen molar-refractivity contribution in [3.63, 3.8) is 0 Å². The highest BCUT2D eigenvalue weighted by Gasteiger charge is 2.53. The number of aryl methyl sites for hydroxylation is 1. The molecule has 1 amide bonds. The highest BCUT2D eigenvalue weighted by atomic mass is 35.5. The Morgan fingerprint density at radius 3 is 2.47 bits per heavy atom. The lowest BCUT2D eigenvalue weighted by Crippen LogP contribution is -2.49. The lowest BCUT2D eigenvalue weighted by atomic mass is 9.85. The number of hydrogen-bond acceptors (Lipinski definition) is 5. The van der Waals surface area contributed by atoms with E-state index in [0.29, 0.717) is 35.9 Å². The fourth-order valence-corrected chi connectivity index (χ4v) is 4.71. The number of rotatable bonds is 2. The van der Waals surface area contributed by atoms with Crippen molar-refractivity contribution in [3.8, 4) is 0 Å². The quantitative estimate of drug-likeness (QED) is 0.631. The van der Waals surface area contributed by atoms with Crippen LogP contribution in [0.1, 0.15) is 77.4 Å². The smallest absolute Gasteiger partial charge is 0.410 e. The molecule has 1 unspecified atom stereocenters. The van der Waals surface area contributed by atoms with Crippen LogP contribution in [0.15, 0.2) is 6.07 Å². The lowest BCUT2D eigenvalue weighted by molar-refractivity contribution is -0.130. The number of carbonyl (C=O) groups excluding carboxylic acids is 1. The first-order chi connectivity index (χ1) is 13.7. The molecule has 1 atom stereocenters. The molecule has 0 bridgehead atoms. The van der Waals surface area contributed by atoms with Gasteiger partial charge in [0.2, 0.25) is 0 Å². The van der Waals surface area contributed by atoms with Crippen molar-refractivity contribution < 1.29 is 14.3 Å². The normalized spacial score (nSPS) is 20.8. The minimum Gasteiger partial charge on any atom is -0.444 e. The average Bonchev–Trinajstić information content (AvgIpc) is 2.88. The number of hydrogen-bond donors (Lipinski definition) is 1. The van der Waals surface area contributed by atoms with E-state index < -0.39 is 16.7 Å². The van der Waals surface area contributed by atoms with Crippen LogP contribution in [0.4, 0.5) is 4.79 Å². The van der Waals surface area contributed by atoms with Crippen LogP contribution in [-0.2, 0) is 15.1 Å². The summed E-state index contributed by atoms with van der Waals surface area (Å²) in [5.41, 5.74) is 1.19. The summed E-state index contributed by atoms with van der Waals surface area (Å²) in [4.78, 5) is 19.8. The molecule has 166 valence electrons. The van der Waals surface area contributed by atoms with Crippen molar-refractivity contribution in [2.75, 3.05) is 13.1 Å². The van der Waals surface area contributed by atoms with E-state index in [1.165, 1.54) is 0 Å². The van der Waals surface area contributed by atoms with E-state index in [1.807, 2.05) is 40.7 Å². The Labute approximate surface area is 189 Å². The first-order valence-electron chi connectivity index (χ1n) is 10.4. The van der Waals surface area contributed by atoms with E-state index >= 15 is 0 Å². The molecule has 0 radical (unpaired) electrons. The third-order valence-corrected chi connectivity index (χ3v) is 6.10. The number of likely N-dealkylation sites (tertiary alicyclic amines) is 1. The standard InChI is InChI=1S/C22H32ClN3O3S/c1-13-16(23)12-15-17(24-13)22(28-18(15)21(6,7)25-14(2)30)8-10-26(11-9-22)19(27)29-20(3,4)5/h12,18H,8-11H2,1-7H3,(H,25,30). The van der Waals surface area contributed by atoms with Gasteiger partial charge < -0.3 is 19.7 Å². The van der Waals surface area contributed by atoms with Gasteiger partial charge in [0.05, 0.1) is 26.9 Å². The zero-order valence-electron chi connectivity index (χ0n) is 18.9. The van der Waals surface area contributed by atoms with Gasteiger partial charge in [-0.3, -0.25) is 4.98 Å². The summed E-state index contributed by atoms with van der Waals surface area (Å²) >= 11 is 11.7. The molecule has 2 aliphatic rings. The van der Waals surface area contributed by atoms with Crippen LogP contribution in [0.2, 0.25) is 5.02 Å². The highest BCUT2D eigenvalue weighted by Crippen LogP contribution is 2.52. The number of piperidine rings is 1. The second kappa shape index (κ2) is 7.92. The highest BCUT2D eigenvalue weighted by molar-refractivity contribution is 7.80. The molecule has 8 heteroatoms. The molecule has 1 N–H and O–H groups in total. The summed E-state index contributed by atoms with van der Waals surface area (Å²) in [7, 11) is 0. The zero-order chi connectivity index (χ0) is 22.5. The average molecular weight is 454 g/mol. The number of nitrogens with one attached hydrogen (secondary N) is 1. The van der Waals surface area contributed by atoms with Gasteiger partial charge in [0.25, 0.3) is 0 Å². The predicted molar refractivity (Wildman–Crippen MR) is 122 cm³/mol. The summed E-state index contributed by atoms with van der Waals surface area (Å²) < 4.78 is 12.3. The van der Waals surface area contributed by atoms with Gasteiger partial charge in [0, 0.05) is 18.7 Å². The van der Waals surface area contributed by atoms with E-state index in [-0.39, 0.29) is 12.2 Å². The largest absolute Gasteiger partial charge is 0.444 e. The third kappa shape index (κ3) is 4.58. The summed E-state index contributed by atoms with van der Waals surface area (Å²) in [6, 6.07) is 1.97. The number of fused-ring (bicyclic) bond motifs is 2. The summed E-state index contributed by atoms with van der Waals surface area (Å²) in [5, 5.41) is 3.99. The van der Waals surface area contributed by atoms with Crippen molar-refractivity contribution >= 4 is 34.9 Å². The maximum atomic E-state index is 12.5. The fourth-order valence-electron chi connectivity index (χ4n) is 4.29. The van der Waals surface area contributed by atoms with Gasteiger partial charge in [-0.2, -0.15) is 0 Å². The summed E-state index contributed by atoms with van der Waals surface area (Å²) in [6.07, 6.45) is 0.752. The lowest BCUT2D eigenvalue weighted by Gasteiger charge is -2.41. The molecule has 1 saturated heterocycles. The van der Waals surface area contributed by atoms with Crippen molar-refractivity contribution in [2.45, 2.75) is 84.2 Å². The van der Waals surface area contributed by atoms with Crippen LogP contribution < -0.4 is 5.32 Å². The Balaban J connectivity index is 1.90. The predicted octanol–water partition coefficient (Wildman–Crippen LogP) is 5.06. The number of carbonyl (C=O) groups is 1. The van der Waals surface area contributed by atoms with Gasteiger partial charge in [-0.25, -0.2) is 4.79 Å².